The third-order valence-corrected chi connectivity index (χ3v) is 3.52. The van der Waals surface area contributed by atoms with Crippen LogP contribution in [0.3, 0.4) is 0 Å². The van der Waals surface area contributed by atoms with Gasteiger partial charge >= 0.3 is 0 Å². The van der Waals surface area contributed by atoms with Crippen molar-refractivity contribution in [3.05, 3.63) is 66.6 Å². The number of pyridine rings is 1. The molecule has 7 heteroatoms. The van der Waals surface area contributed by atoms with Gasteiger partial charge in [0.1, 0.15) is 12.4 Å². The van der Waals surface area contributed by atoms with Gasteiger partial charge in [-0.2, -0.15) is 9.50 Å². The largest absolute Gasteiger partial charge is 0.489 e. The Bertz CT molecular complexity index is 983. The summed E-state index contributed by atoms with van der Waals surface area (Å²) in [6, 6.07) is 13.5. The number of aromatic nitrogens is 5. The van der Waals surface area contributed by atoms with Gasteiger partial charge in [-0.05, 0) is 24.3 Å². The van der Waals surface area contributed by atoms with E-state index in [0.29, 0.717) is 12.4 Å². The average molecular weight is 318 g/mol. The first-order valence-corrected chi connectivity index (χ1v) is 7.39. The number of nitrogens with zero attached hydrogens (tertiary/aromatic N) is 5. The minimum absolute atomic E-state index is 0.193. The molecule has 118 valence electrons. The molecule has 2 N–H and O–H groups in total. The monoisotopic (exact) mass is 318 g/mol. The van der Waals surface area contributed by atoms with E-state index in [1.165, 1.54) is 0 Å². The van der Waals surface area contributed by atoms with Crippen LogP contribution >= 0.6 is 0 Å². The summed E-state index contributed by atoms with van der Waals surface area (Å²) < 4.78 is 7.47. The zero-order valence-corrected chi connectivity index (χ0v) is 12.7. The Hall–Kier alpha value is -3.48. The summed E-state index contributed by atoms with van der Waals surface area (Å²) in [6.07, 6.45) is 5.21. The third-order valence-electron chi connectivity index (χ3n) is 3.52. The summed E-state index contributed by atoms with van der Waals surface area (Å²) in [5, 5.41) is 4.18. The Balaban J connectivity index is 1.64. The first kappa shape index (κ1) is 14.1. The molecule has 0 atom stereocenters. The summed E-state index contributed by atoms with van der Waals surface area (Å²) in [5.74, 6) is 1.42. The maximum atomic E-state index is 5.85. The van der Waals surface area contributed by atoms with Crippen LogP contribution in [0.4, 0.5) is 5.95 Å². The van der Waals surface area contributed by atoms with Crippen molar-refractivity contribution in [1.29, 1.82) is 0 Å². The zero-order chi connectivity index (χ0) is 16.4. The SMILES string of the molecule is Nc1nc2nccc(-c3cccc(OCc4cccnc4)c3)n2n1. The molecule has 3 aromatic heterocycles. The molecule has 4 rings (SSSR count). The molecule has 0 radical (unpaired) electrons. The van der Waals surface area contributed by atoms with E-state index < -0.39 is 0 Å². The molecule has 0 unspecified atom stereocenters. The highest BCUT2D eigenvalue weighted by Gasteiger charge is 2.09. The maximum Gasteiger partial charge on any atom is 0.254 e. The second-order valence-electron chi connectivity index (χ2n) is 5.19. The first-order chi connectivity index (χ1) is 11.8. The number of rotatable bonds is 4. The minimum atomic E-state index is 0.193. The number of hydrogen-bond donors (Lipinski definition) is 1. The highest BCUT2D eigenvalue weighted by molar-refractivity contribution is 5.63. The number of anilines is 1. The van der Waals surface area contributed by atoms with E-state index >= 15 is 0 Å². The lowest BCUT2D eigenvalue weighted by atomic mass is 10.1. The zero-order valence-electron chi connectivity index (χ0n) is 12.7. The Morgan fingerprint density at radius 3 is 2.92 bits per heavy atom. The second kappa shape index (κ2) is 5.96. The van der Waals surface area contributed by atoms with Crippen LogP contribution in [0, 0.1) is 0 Å². The highest BCUT2D eigenvalue weighted by atomic mass is 16.5. The van der Waals surface area contributed by atoms with Crippen LogP contribution in [0.25, 0.3) is 17.0 Å². The van der Waals surface area contributed by atoms with Crippen LogP contribution in [0.2, 0.25) is 0 Å². The molecule has 0 saturated carbocycles. The Morgan fingerprint density at radius 1 is 1.08 bits per heavy atom. The van der Waals surface area contributed by atoms with Crippen LogP contribution < -0.4 is 10.5 Å². The number of benzene rings is 1. The van der Waals surface area contributed by atoms with Crippen molar-refractivity contribution >= 4 is 11.7 Å². The molecule has 1 aromatic carbocycles. The van der Waals surface area contributed by atoms with E-state index in [2.05, 4.69) is 20.1 Å². The number of fused-ring (bicyclic) bond motifs is 1. The van der Waals surface area contributed by atoms with Gasteiger partial charge in [-0.3, -0.25) is 4.98 Å². The van der Waals surface area contributed by atoms with E-state index in [1.54, 1.807) is 23.1 Å². The smallest absolute Gasteiger partial charge is 0.254 e. The van der Waals surface area contributed by atoms with Gasteiger partial charge in [0.15, 0.2) is 0 Å². The predicted octanol–water partition coefficient (Wildman–Crippen LogP) is 2.35. The molecule has 0 fully saturated rings. The van der Waals surface area contributed by atoms with Gasteiger partial charge in [0, 0.05) is 29.7 Å². The van der Waals surface area contributed by atoms with Crippen LogP contribution in [-0.4, -0.2) is 24.6 Å². The minimum Gasteiger partial charge on any atom is -0.489 e. The molecule has 0 aliphatic carbocycles. The van der Waals surface area contributed by atoms with Gasteiger partial charge in [0.05, 0.1) is 5.69 Å². The summed E-state index contributed by atoms with van der Waals surface area (Å²) >= 11 is 0. The first-order valence-electron chi connectivity index (χ1n) is 7.39. The Labute approximate surface area is 137 Å². The molecule has 0 saturated heterocycles. The van der Waals surface area contributed by atoms with E-state index in [0.717, 1.165) is 22.6 Å². The molecule has 0 aliphatic rings. The van der Waals surface area contributed by atoms with Crippen LogP contribution in [0.5, 0.6) is 5.75 Å². The maximum absolute atomic E-state index is 5.85. The van der Waals surface area contributed by atoms with Crippen molar-refractivity contribution in [1.82, 2.24) is 24.6 Å². The lowest BCUT2D eigenvalue weighted by molar-refractivity contribution is 0.306. The van der Waals surface area contributed by atoms with Crippen molar-refractivity contribution in [3.8, 4) is 17.0 Å². The van der Waals surface area contributed by atoms with E-state index in [-0.39, 0.29) is 5.95 Å². The molecule has 3 heterocycles. The van der Waals surface area contributed by atoms with E-state index in [1.807, 2.05) is 42.5 Å². The van der Waals surface area contributed by atoms with E-state index in [4.69, 9.17) is 10.5 Å². The van der Waals surface area contributed by atoms with Crippen LogP contribution in [0.1, 0.15) is 5.56 Å². The lowest BCUT2D eigenvalue weighted by Gasteiger charge is -2.08. The summed E-state index contributed by atoms with van der Waals surface area (Å²) in [5.41, 5.74) is 8.46. The third kappa shape index (κ3) is 2.74. The normalized spacial score (nSPS) is 10.8. The molecule has 0 bridgehead atoms. The fourth-order valence-electron chi connectivity index (χ4n) is 2.42. The standard InChI is InChI=1S/C17H14N6O/c18-16-21-17-20-8-6-15(23(17)22-16)13-4-1-5-14(9-13)24-11-12-3-2-7-19-10-12/h1-10H,11H2,(H2,18,22). The molecule has 0 amide bonds. The summed E-state index contributed by atoms with van der Waals surface area (Å²) in [4.78, 5) is 12.3. The predicted molar refractivity (Wildman–Crippen MR) is 89.2 cm³/mol. The quantitative estimate of drug-likeness (QED) is 0.621. The molecule has 0 spiro atoms. The second-order valence-corrected chi connectivity index (χ2v) is 5.19. The number of nitrogens with two attached hydrogens (primary N) is 1. The van der Waals surface area contributed by atoms with E-state index in [9.17, 15) is 0 Å². The molecular formula is C17H14N6O. The van der Waals surface area contributed by atoms with Gasteiger partial charge in [0.25, 0.3) is 5.78 Å². The van der Waals surface area contributed by atoms with Crippen molar-refractivity contribution in [2.45, 2.75) is 6.61 Å². The van der Waals surface area contributed by atoms with Gasteiger partial charge < -0.3 is 10.5 Å². The number of nitrogen functional groups attached to an aromatic ring is 1. The molecular weight excluding hydrogens is 304 g/mol. The topological polar surface area (TPSA) is 91.2 Å². The van der Waals surface area contributed by atoms with Gasteiger partial charge in [0.2, 0.25) is 5.95 Å². The van der Waals surface area contributed by atoms with Crippen molar-refractivity contribution in [3.63, 3.8) is 0 Å². The fourth-order valence-corrected chi connectivity index (χ4v) is 2.42. The van der Waals surface area contributed by atoms with Crippen molar-refractivity contribution in [2.75, 3.05) is 5.73 Å². The number of ether oxygens (including phenoxy) is 1. The van der Waals surface area contributed by atoms with Gasteiger partial charge in [-0.1, -0.05) is 18.2 Å². The fraction of sp³-hybridized carbons (Fsp3) is 0.0588. The highest BCUT2D eigenvalue weighted by Crippen LogP contribution is 2.24. The Morgan fingerprint density at radius 2 is 2.04 bits per heavy atom. The average Bonchev–Trinajstić information content (AvgIpc) is 3.01. The molecule has 0 aliphatic heterocycles. The van der Waals surface area contributed by atoms with Crippen molar-refractivity contribution in [2.24, 2.45) is 0 Å². The van der Waals surface area contributed by atoms with Crippen LogP contribution in [0.15, 0.2) is 61.1 Å². The van der Waals surface area contributed by atoms with Gasteiger partial charge in [-0.25, -0.2) is 4.98 Å². The number of hydrogen-bond acceptors (Lipinski definition) is 6. The lowest BCUT2D eigenvalue weighted by Crippen LogP contribution is -1.98. The Kier molecular flexibility index (Phi) is 3.51. The van der Waals surface area contributed by atoms with Crippen molar-refractivity contribution < 1.29 is 4.74 Å². The summed E-state index contributed by atoms with van der Waals surface area (Å²) in [6.45, 7) is 0.458. The molecule has 7 nitrogen and oxygen atoms in total. The van der Waals surface area contributed by atoms with Crippen LogP contribution in [-0.2, 0) is 6.61 Å². The summed E-state index contributed by atoms with van der Waals surface area (Å²) in [7, 11) is 0. The molecule has 4 aromatic rings. The van der Waals surface area contributed by atoms with Gasteiger partial charge in [-0.15, -0.1) is 5.10 Å². The molecule has 24 heavy (non-hydrogen) atoms.